The molecule has 0 bridgehead atoms. The van der Waals surface area contributed by atoms with Gasteiger partial charge in [-0.3, -0.25) is 14.7 Å². The van der Waals surface area contributed by atoms with Crippen LogP contribution in [0.2, 0.25) is 5.02 Å². The van der Waals surface area contributed by atoms with E-state index in [9.17, 15) is 18.0 Å². The lowest BCUT2D eigenvalue weighted by Crippen LogP contribution is -2.46. The Morgan fingerprint density at radius 1 is 1.08 bits per heavy atom. The van der Waals surface area contributed by atoms with Gasteiger partial charge in [-0.25, -0.2) is 4.98 Å². The minimum absolute atomic E-state index is 0.194. The summed E-state index contributed by atoms with van der Waals surface area (Å²) >= 11 is 6.09. The second kappa shape index (κ2) is 11.1. The van der Waals surface area contributed by atoms with Crippen LogP contribution >= 0.6 is 11.6 Å². The highest BCUT2D eigenvalue weighted by Gasteiger charge is 2.31. The van der Waals surface area contributed by atoms with E-state index >= 15 is 0 Å². The summed E-state index contributed by atoms with van der Waals surface area (Å²) in [5.41, 5.74) is 4.17. The number of halogens is 4. The van der Waals surface area contributed by atoms with Gasteiger partial charge in [0.1, 0.15) is 5.69 Å². The Balaban J connectivity index is 1.37. The van der Waals surface area contributed by atoms with Crippen molar-refractivity contribution in [2.24, 2.45) is 0 Å². The number of H-pyrrole nitrogens is 1. The number of hydrogen-bond acceptors (Lipinski definition) is 5. The van der Waals surface area contributed by atoms with Crippen molar-refractivity contribution >= 4 is 28.9 Å². The fourth-order valence-electron chi connectivity index (χ4n) is 4.69. The summed E-state index contributed by atoms with van der Waals surface area (Å²) in [5.74, 6) is -0.382. The third-order valence-corrected chi connectivity index (χ3v) is 7.03. The van der Waals surface area contributed by atoms with Crippen LogP contribution in [0, 0.1) is 6.92 Å². The molecule has 0 atom stereocenters. The lowest BCUT2D eigenvalue weighted by Gasteiger charge is -2.36. The number of aryl methyl sites for hydroxylation is 1. The highest BCUT2D eigenvalue weighted by Crippen LogP contribution is 2.36. The first-order valence-corrected chi connectivity index (χ1v) is 12.8. The number of carbonyl (C=O) groups excluding carboxylic acids is 1. The minimum Gasteiger partial charge on any atom is -0.369 e. The third kappa shape index (κ3) is 6.07. The molecule has 202 valence electrons. The molecule has 1 aliphatic heterocycles. The van der Waals surface area contributed by atoms with Crippen LogP contribution < -0.4 is 10.2 Å². The summed E-state index contributed by atoms with van der Waals surface area (Å²) in [6.07, 6.45) is -0.00984. The topological polar surface area (TPSA) is 77.1 Å². The van der Waals surface area contributed by atoms with E-state index in [0.717, 1.165) is 28.6 Å². The van der Waals surface area contributed by atoms with E-state index in [2.05, 4.69) is 25.2 Å². The summed E-state index contributed by atoms with van der Waals surface area (Å²) in [7, 11) is 0. The van der Waals surface area contributed by atoms with Crippen LogP contribution in [0.15, 0.2) is 67.1 Å². The summed E-state index contributed by atoms with van der Waals surface area (Å²) < 4.78 is 39.6. The lowest BCUT2D eigenvalue weighted by molar-refractivity contribution is -0.137. The van der Waals surface area contributed by atoms with Crippen LogP contribution in [0.1, 0.15) is 27.3 Å². The van der Waals surface area contributed by atoms with Gasteiger partial charge in [0.2, 0.25) is 0 Å². The predicted molar refractivity (Wildman–Crippen MR) is 145 cm³/mol. The zero-order valence-electron chi connectivity index (χ0n) is 21.1. The fourth-order valence-corrected chi connectivity index (χ4v) is 4.82. The largest absolute Gasteiger partial charge is 0.416 e. The molecular weight excluding hydrogens is 529 g/mol. The van der Waals surface area contributed by atoms with Gasteiger partial charge in [-0.05, 0) is 37.3 Å². The van der Waals surface area contributed by atoms with Gasteiger partial charge in [0, 0.05) is 72.6 Å². The van der Waals surface area contributed by atoms with E-state index in [-0.39, 0.29) is 11.6 Å². The smallest absolute Gasteiger partial charge is 0.369 e. The maximum Gasteiger partial charge on any atom is 0.416 e. The maximum absolute atomic E-state index is 13.2. The molecule has 7 nitrogen and oxygen atoms in total. The minimum atomic E-state index is -4.38. The molecule has 5 rings (SSSR count). The van der Waals surface area contributed by atoms with Crippen LogP contribution in [0.5, 0.6) is 0 Å². The molecule has 4 aromatic rings. The van der Waals surface area contributed by atoms with Crippen molar-refractivity contribution in [3.05, 3.63) is 94.7 Å². The molecule has 39 heavy (non-hydrogen) atoms. The Morgan fingerprint density at radius 3 is 2.49 bits per heavy atom. The summed E-state index contributed by atoms with van der Waals surface area (Å²) in [6, 6.07) is 12.8. The molecule has 1 fully saturated rings. The zero-order valence-corrected chi connectivity index (χ0v) is 21.9. The van der Waals surface area contributed by atoms with Crippen LogP contribution in [0.25, 0.3) is 11.3 Å². The van der Waals surface area contributed by atoms with E-state index in [1.54, 1.807) is 18.2 Å². The van der Waals surface area contributed by atoms with Crippen LogP contribution in [0.3, 0.4) is 0 Å². The first kappa shape index (κ1) is 26.7. The Bertz CT molecular complexity index is 1450. The number of alkyl halides is 3. The highest BCUT2D eigenvalue weighted by molar-refractivity contribution is 6.30. The molecule has 2 N–H and O–H groups in total. The van der Waals surface area contributed by atoms with E-state index in [1.807, 2.05) is 24.0 Å². The van der Waals surface area contributed by atoms with E-state index in [0.29, 0.717) is 49.1 Å². The second-order valence-corrected chi connectivity index (χ2v) is 9.78. The molecule has 2 aromatic carbocycles. The molecule has 3 heterocycles. The molecule has 1 aliphatic rings. The fraction of sp³-hybridized carbons (Fsp3) is 0.250. The molecule has 1 saturated heterocycles. The number of carbonyl (C=O) groups is 1. The van der Waals surface area contributed by atoms with E-state index < -0.39 is 11.7 Å². The van der Waals surface area contributed by atoms with E-state index in [1.165, 1.54) is 30.7 Å². The highest BCUT2D eigenvalue weighted by atomic mass is 35.5. The monoisotopic (exact) mass is 554 g/mol. The Hall–Kier alpha value is -3.89. The summed E-state index contributed by atoms with van der Waals surface area (Å²) in [6.45, 7) is 4.95. The first-order chi connectivity index (χ1) is 18.7. The molecule has 0 unspecified atom stereocenters. The van der Waals surface area contributed by atoms with Crippen LogP contribution in [-0.2, 0) is 12.7 Å². The molecule has 0 spiro atoms. The van der Waals surface area contributed by atoms with Gasteiger partial charge in [0.05, 0.1) is 23.1 Å². The van der Waals surface area contributed by atoms with Crippen molar-refractivity contribution < 1.29 is 18.0 Å². The molecule has 2 aromatic heterocycles. The second-order valence-electron chi connectivity index (χ2n) is 9.34. The average Bonchev–Trinajstić information content (AvgIpc) is 3.24. The standard InChI is InChI=1S/C28H26ClF3N6O/c1-18-23(17-37-11-13-38(14-12-37)22-4-2-3-20(15-22)28(30,31)32)26(36-27(39)24-16-33-9-10-34-24)25(35-18)19-5-7-21(29)8-6-19/h2-10,15-16,35H,11-14,17H2,1H3,(H,36,39). The molecule has 11 heteroatoms. The molecular formula is C28H26ClF3N6O. The van der Waals surface area contributed by atoms with Crippen molar-refractivity contribution in [1.82, 2.24) is 19.9 Å². The molecule has 0 saturated carbocycles. The Kier molecular flexibility index (Phi) is 7.58. The average molecular weight is 555 g/mol. The molecule has 1 amide bonds. The number of rotatable bonds is 6. The van der Waals surface area contributed by atoms with Gasteiger partial charge >= 0.3 is 6.18 Å². The Morgan fingerprint density at radius 2 is 1.82 bits per heavy atom. The van der Waals surface area contributed by atoms with Crippen molar-refractivity contribution in [2.75, 3.05) is 36.4 Å². The van der Waals surface area contributed by atoms with Gasteiger partial charge in [-0.2, -0.15) is 13.2 Å². The number of aromatic nitrogens is 3. The number of hydrogen-bond donors (Lipinski definition) is 2. The van der Waals surface area contributed by atoms with Gasteiger partial charge < -0.3 is 15.2 Å². The number of benzene rings is 2. The lowest BCUT2D eigenvalue weighted by atomic mass is 10.1. The number of anilines is 2. The van der Waals surface area contributed by atoms with Crippen LogP contribution in [-0.4, -0.2) is 51.9 Å². The summed E-state index contributed by atoms with van der Waals surface area (Å²) in [4.78, 5) is 28.8. The van der Waals surface area contributed by atoms with Gasteiger partial charge in [0.15, 0.2) is 0 Å². The predicted octanol–water partition coefficient (Wildman–Crippen LogP) is 6.03. The number of nitrogens with one attached hydrogen (secondary N) is 2. The number of amides is 1. The quantitative estimate of drug-likeness (QED) is 0.304. The van der Waals surface area contributed by atoms with Crippen molar-refractivity contribution in [1.29, 1.82) is 0 Å². The number of piperazine rings is 1. The maximum atomic E-state index is 13.2. The van der Waals surface area contributed by atoms with Gasteiger partial charge in [-0.15, -0.1) is 0 Å². The first-order valence-electron chi connectivity index (χ1n) is 12.4. The SMILES string of the molecule is Cc1[nH]c(-c2ccc(Cl)cc2)c(NC(=O)c2cnccn2)c1CN1CCN(c2cccc(C(F)(F)F)c2)CC1. The molecule has 0 radical (unpaired) electrons. The number of aromatic amines is 1. The molecule has 0 aliphatic carbocycles. The van der Waals surface area contributed by atoms with E-state index in [4.69, 9.17) is 11.6 Å². The van der Waals surface area contributed by atoms with Crippen molar-refractivity contribution in [2.45, 2.75) is 19.6 Å². The zero-order chi connectivity index (χ0) is 27.6. The number of nitrogens with zero attached hydrogens (tertiary/aromatic N) is 4. The third-order valence-electron chi connectivity index (χ3n) is 6.78. The summed E-state index contributed by atoms with van der Waals surface area (Å²) in [5, 5.41) is 3.63. The van der Waals surface area contributed by atoms with Crippen molar-refractivity contribution in [3.8, 4) is 11.3 Å². The van der Waals surface area contributed by atoms with Crippen molar-refractivity contribution in [3.63, 3.8) is 0 Å². The van der Waals surface area contributed by atoms with Gasteiger partial charge in [-0.1, -0.05) is 29.8 Å². The normalized spacial score (nSPS) is 14.4. The van der Waals surface area contributed by atoms with Gasteiger partial charge in [0.25, 0.3) is 5.91 Å². The van der Waals surface area contributed by atoms with Crippen LogP contribution in [0.4, 0.5) is 24.5 Å². The Labute approximate surface area is 228 Å².